The van der Waals surface area contributed by atoms with Crippen LogP contribution in [0.2, 0.25) is 0 Å². The van der Waals surface area contributed by atoms with Gasteiger partial charge in [-0.3, -0.25) is 4.79 Å². The van der Waals surface area contributed by atoms with Crippen LogP contribution in [0.4, 0.5) is 0 Å². The van der Waals surface area contributed by atoms with Crippen molar-refractivity contribution in [2.45, 2.75) is 6.42 Å². The van der Waals surface area contributed by atoms with E-state index in [2.05, 4.69) is 10.5 Å². The summed E-state index contributed by atoms with van der Waals surface area (Å²) < 4.78 is 15.5. The normalized spacial score (nSPS) is 10.5. The quantitative estimate of drug-likeness (QED) is 0.626. The molecule has 0 spiro atoms. The Morgan fingerprint density at radius 3 is 2.33 bits per heavy atom. The van der Waals surface area contributed by atoms with Gasteiger partial charge in [0.2, 0.25) is 5.91 Å². The van der Waals surface area contributed by atoms with Crippen LogP contribution in [0.3, 0.4) is 0 Å². The minimum atomic E-state index is -0.197. The van der Waals surface area contributed by atoms with Crippen molar-refractivity contribution in [2.75, 3.05) is 21.3 Å². The summed E-state index contributed by atoms with van der Waals surface area (Å²) in [7, 11) is 4.74. The number of benzene rings is 2. The fourth-order valence-electron chi connectivity index (χ4n) is 2.08. The minimum absolute atomic E-state index is 0.197. The SMILES string of the molecule is COc1ccc(CC(=O)NN=Cc2ccc(OC)c(OC)c2)cc1. The molecule has 1 amide bonds. The van der Waals surface area contributed by atoms with Gasteiger partial charge in [0, 0.05) is 0 Å². The number of nitrogens with zero attached hydrogens (tertiary/aromatic N) is 1. The van der Waals surface area contributed by atoms with E-state index in [1.165, 1.54) is 0 Å². The Morgan fingerprint density at radius 1 is 1.00 bits per heavy atom. The van der Waals surface area contributed by atoms with Gasteiger partial charge in [-0.25, -0.2) is 5.43 Å². The maximum atomic E-state index is 11.9. The number of amides is 1. The summed E-state index contributed by atoms with van der Waals surface area (Å²) in [5, 5.41) is 3.96. The van der Waals surface area contributed by atoms with E-state index in [0.29, 0.717) is 11.5 Å². The molecule has 0 aliphatic carbocycles. The maximum Gasteiger partial charge on any atom is 0.244 e. The third kappa shape index (κ3) is 4.74. The fourth-order valence-corrected chi connectivity index (χ4v) is 2.08. The maximum absolute atomic E-state index is 11.9. The summed E-state index contributed by atoms with van der Waals surface area (Å²) in [6, 6.07) is 12.7. The van der Waals surface area contributed by atoms with E-state index in [1.807, 2.05) is 30.3 Å². The molecule has 2 rings (SSSR count). The molecule has 0 unspecified atom stereocenters. The number of methoxy groups -OCH3 is 3. The van der Waals surface area contributed by atoms with Gasteiger partial charge in [0.1, 0.15) is 5.75 Å². The van der Waals surface area contributed by atoms with Crippen molar-refractivity contribution in [3.05, 3.63) is 53.6 Å². The van der Waals surface area contributed by atoms with Gasteiger partial charge in [-0.2, -0.15) is 5.10 Å². The monoisotopic (exact) mass is 328 g/mol. The standard InChI is InChI=1S/C18H20N2O4/c1-22-15-7-4-13(5-8-15)11-18(21)20-19-12-14-6-9-16(23-2)17(10-14)24-3/h4-10,12H,11H2,1-3H3,(H,20,21). The topological polar surface area (TPSA) is 69.2 Å². The van der Waals surface area contributed by atoms with E-state index in [1.54, 1.807) is 39.7 Å². The fraction of sp³-hybridized carbons (Fsp3) is 0.222. The molecule has 0 radical (unpaired) electrons. The Labute approximate surface area is 141 Å². The average molecular weight is 328 g/mol. The van der Waals surface area contributed by atoms with Gasteiger partial charge in [-0.15, -0.1) is 0 Å². The predicted octanol–water partition coefficient (Wildman–Crippen LogP) is 2.41. The number of nitrogens with one attached hydrogen (secondary N) is 1. The van der Waals surface area contributed by atoms with Gasteiger partial charge < -0.3 is 14.2 Å². The molecule has 0 bridgehead atoms. The lowest BCUT2D eigenvalue weighted by atomic mass is 10.1. The van der Waals surface area contributed by atoms with E-state index in [9.17, 15) is 4.79 Å². The van der Waals surface area contributed by atoms with Crippen LogP contribution in [0.15, 0.2) is 47.6 Å². The van der Waals surface area contributed by atoms with Crippen molar-refractivity contribution >= 4 is 12.1 Å². The summed E-state index contributed by atoms with van der Waals surface area (Å²) in [6.07, 6.45) is 1.79. The molecule has 0 fully saturated rings. The van der Waals surface area contributed by atoms with Crippen LogP contribution in [-0.2, 0) is 11.2 Å². The summed E-state index contributed by atoms with van der Waals surface area (Å²) in [5.41, 5.74) is 4.17. The number of rotatable bonds is 7. The zero-order chi connectivity index (χ0) is 17.4. The van der Waals surface area contributed by atoms with Crippen LogP contribution < -0.4 is 19.6 Å². The first-order valence-corrected chi connectivity index (χ1v) is 7.33. The summed E-state index contributed by atoms with van der Waals surface area (Å²) in [5.74, 6) is 1.80. The molecule has 0 aliphatic heterocycles. The molecule has 0 heterocycles. The van der Waals surface area contributed by atoms with Crippen LogP contribution in [0.1, 0.15) is 11.1 Å². The number of hydrogen-bond acceptors (Lipinski definition) is 5. The van der Waals surface area contributed by atoms with Crippen LogP contribution in [-0.4, -0.2) is 33.5 Å². The Balaban J connectivity index is 1.91. The predicted molar refractivity (Wildman–Crippen MR) is 92.0 cm³/mol. The van der Waals surface area contributed by atoms with Crippen molar-refractivity contribution in [3.8, 4) is 17.2 Å². The largest absolute Gasteiger partial charge is 0.497 e. The molecule has 2 aromatic rings. The Hall–Kier alpha value is -3.02. The molecule has 0 saturated carbocycles. The second-order valence-electron chi connectivity index (χ2n) is 4.93. The second-order valence-corrected chi connectivity index (χ2v) is 4.93. The number of hydrogen-bond donors (Lipinski definition) is 1. The molecule has 24 heavy (non-hydrogen) atoms. The number of hydrazone groups is 1. The highest BCUT2D eigenvalue weighted by Crippen LogP contribution is 2.26. The van der Waals surface area contributed by atoms with Crippen LogP contribution in [0, 0.1) is 0 Å². The molecule has 126 valence electrons. The van der Waals surface area contributed by atoms with Gasteiger partial charge in [-0.1, -0.05) is 12.1 Å². The molecular formula is C18H20N2O4. The lowest BCUT2D eigenvalue weighted by Crippen LogP contribution is -2.19. The van der Waals surface area contributed by atoms with Gasteiger partial charge in [-0.05, 0) is 41.5 Å². The highest BCUT2D eigenvalue weighted by molar-refractivity contribution is 5.84. The van der Waals surface area contributed by atoms with Gasteiger partial charge in [0.25, 0.3) is 0 Å². The molecule has 0 aromatic heterocycles. The summed E-state index contributed by atoms with van der Waals surface area (Å²) >= 11 is 0. The van der Waals surface area contributed by atoms with Crippen molar-refractivity contribution in [2.24, 2.45) is 5.10 Å². The van der Waals surface area contributed by atoms with Gasteiger partial charge >= 0.3 is 0 Å². The third-order valence-corrected chi connectivity index (χ3v) is 3.33. The Morgan fingerprint density at radius 2 is 1.71 bits per heavy atom. The van der Waals surface area contributed by atoms with Crippen LogP contribution in [0.25, 0.3) is 0 Å². The highest BCUT2D eigenvalue weighted by atomic mass is 16.5. The zero-order valence-electron chi connectivity index (χ0n) is 13.9. The van der Waals surface area contributed by atoms with E-state index in [4.69, 9.17) is 14.2 Å². The van der Waals surface area contributed by atoms with Gasteiger partial charge in [0.15, 0.2) is 11.5 Å². The Kier molecular flexibility index (Phi) is 6.19. The van der Waals surface area contributed by atoms with Crippen molar-refractivity contribution in [1.29, 1.82) is 0 Å². The van der Waals surface area contributed by atoms with Gasteiger partial charge in [0.05, 0.1) is 34.0 Å². The summed E-state index contributed by atoms with van der Waals surface area (Å²) in [4.78, 5) is 11.9. The highest BCUT2D eigenvalue weighted by Gasteiger charge is 2.04. The van der Waals surface area contributed by atoms with E-state index in [0.717, 1.165) is 16.9 Å². The lowest BCUT2D eigenvalue weighted by Gasteiger charge is -2.07. The molecule has 0 saturated heterocycles. The van der Waals surface area contributed by atoms with E-state index in [-0.39, 0.29) is 12.3 Å². The number of carbonyl (C=O) groups is 1. The first-order valence-electron chi connectivity index (χ1n) is 7.33. The molecule has 0 atom stereocenters. The van der Waals surface area contributed by atoms with Crippen molar-refractivity contribution < 1.29 is 19.0 Å². The van der Waals surface area contributed by atoms with Crippen molar-refractivity contribution in [3.63, 3.8) is 0 Å². The molecule has 2 aromatic carbocycles. The van der Waals surface area contributed by atoms with Crippen molar-refractivity contribution in [1.82, 2.24) is 5.43 Å². The molecule has 6 nitrogen and oxygen atoms in total. The minimum Gasteiger partial charge on any atom is -0.497 e. The second kappa shape index (κ2) is 8.57. The molecule has 6 heteroatoms. The first-order chi connectivity index (χ1) is 11.7. The zero-order valence-corrected chi connectivity index (χ0v) is 13.9. The number of carbonyl (C=O) groups excluding carboxylic acids is 1. The first kappa shape index (κ1) is 17.3. The Bertz CT molecular complexity index is 711. The molecule has 1 N–H and O–H groups in total. The van der Waals surface area contributed by atoms with E-state index >= 15 is 0 Å². The third-order valence-electron chi connectivity index (χ3n) is 3.33. The van der Waals surface area contributed by atoms with Crippen LogP contribution in [0.5, 0.6) is 17.2 Å². The van der Waals surface area contributed by atoms with E-state index < -0.39 is 0 Å². The average Bonchev–Trinajstić information content (AvgIpc) is 2.62. The summed E-state index contributed by atoms with van der Waals surface area (Å²) in [6.45, 7) is 0. The number of ether oxygens (including phenoxy) is 3. The van der Waals surface area contributed by atoms with Crippen LogP contribution >= 0.6 is 0 Å². The lowest BCUT2D eigenvalue weighted by molar-refractivity contribution is -0.120. The smallest absolute Gasteiger partial charge is 0.244 e. The molecular weight excluding hydrogens is 308 g/mol. The molecule has 0 aliphatic rings.